The van der Waals surface area contributed by atoms with E-state index in [1.807, 2.05) is 0 Å². The van der Waals surface area contributed by atoms with Crippen molar-refractivity contribution in [3.8, 4) is 5.69 Å². The molecule has 116 valence electrons. The highest BCUT2D eigenvalue weighted by atomic mass is 19.1. The van der Waals surface area contributed by atoms with Gasteiger partial charge in [-0.25, -0.2) is 13.9 Å². The number of nitrogens with one attached hydrogen (secondary N) is 2. The van der Waals surface area contributed by atoms with Crippen molar-refractivity contribution in [2.45, 2.75) is 6.54 Å². The molecule has 0 aliphatic rings. The number of halogens is 1. The summed E-state index contributed by atoms with van der Waals surface area (Å²) in [5, 5.41) is 16.1. The van der Waals surface area contributed by atoms with Gasteiger partial charge in [0, 0.05) is 17.8 Å². The molecule has 2 aromatic carbocycles. The number of nitrogens with zero attached hydrogens (tertiary/aromatic N) is 4. The Balaban J connectivity index is 1.57. The number of amides is 2. The lowest BCUT2D eigenvalue weighted by Gasteiger charge is -2.09. The molecule has 0 bridgehead atoms. The van der Waals surface area contributed by atoms with Gasteiger partial charge in [0.25, 0.3) is 0 Å². The van der Waals surface area contributed by atoms with Crippen molar-refractivity contribution in [1.82, 2.24) is 25.5 Å². The van der Waals surface area contributed by atoms with E-state index in [1.165, 1.54) is 17.1 Å². The van der Waals surface area contributed by atoms with Gasteiger partial charge in [0.15, 0.2) is 0 Å². The summed E-state index contributed by atoms with van der Waals surface area (Å²) >= 11 is 0. The lowest BCUT2D eigenvalue weighted by Crippen LogP contribution is -2.28. The number of hydrogen-bond acceptors (Lipinski definition) is 4. The minimum absolute atomic E-state index is 0.112. The van der Waals surface area contributed by atoms with Gasteiger partial charge in [-0.1, -0.05) is 18.2 Å². The van der Waals surface area contributed by atoms with Crippen LogP contribution in [0.15, 0.2) is 54.9 Å². The highest BCUT2D eigenvalue weighted by molar-refractivity contribution is 5.89. The quantitative estimate of drug-likeness (QED) is 0.773. The number of benzene rings is 2. The molecule has 0 saturated heterocycles. The molecular formula is C15H13FN6O. The van der Waals surface area contributed by atoms with Gasteiger partial charge < -0.3 is 10.6 Å². The predicted octanol–water partition coefficient (Wildman–Crippen LogP) is 2.12. The second-order valence-corrected chi connectivity index (χ2v) is 4.70. The Hall–Kier alpha value is -3.29. The average Bonchev–Trinajstić information content (AvgIpc) is 3.09. The van der Waals surface area contributed by atoms with Crippen LogP contribution in [-0.2, 0) is 6.54 Å². The first-order valence-corrected chi connectivity index (χ1v) is 6.84. The average molecular weight is 312 g/mol. The molecule has 0 saturated carbocycles. The van der Waals surface area contributed by atoms with Crippen LogP contribution in [0.25, 0.3) is 5.69 Å². The Bertz CT molecular complexity index is 788. The first-order chi connectivity index (χ1) is 11.2. The van der Waals surface area contributed by atoms with E-state index >= 15 is 0 Å². The minimum atomic E-state index is -0.413. The van der Waals surface area contributed by atoms with Gasteiger partial charge in [0.05, 0.1) is 5.69 Å². The zero-order valence-corrected chi connectivity index (χ0v) is 12.0. The summed E-state index contributed by atoms with van der Waals surface area (Å²) in [7, 11) is 0. The molecule has 23 heavy (non-hydrogen) atoms. The van der Waals surface area contributed by atoms with Crippen LogP contribution < -0.4 is 10.6 Å². The van der Waals surface area contributed by atoms with Gasteiger partial charge in [-0.3, -0.25) is 0 Å². The van der Waals surface area contributed by atoms with Crippen LogP contribution in [0.4, 0.5) is 14.9 Å². The second-order valence-electron chi connectivity index (χ2n) is 4.70. The molecular weight excluding hydrogens is 299 g/mol. The van der Waals surface area contributed by atoms with Crippen LogP contribution in [0.5, 0.6) is 0 Å². The summed E-state index contributed by atoms with van der Waals surface area (Å²) in [5.41, 5.74) is 1.80. The van der Waals surface area contributed by atoms with Crippen molar-refractivity contribution < 1.29 is 9.18 Å². The van der Waals surface area contributed by atoms with E-state index in [4.69, 9.17) is 0 Å². The standard InChI is InChI=1S/C15H13FN6O/c16-14-4-2-1-3-11(14)9-17-15(23)19-12-5-7-13(8-6-12)22-10-18-20-21-22/h1-8,10H,9H2,(H2,17,19,23). The van der Waals surface area contributed by atoms with Crippen molar-refractivity contribution in [2.75, 3.05) is 5.32 Å². The van der Waals surface area contributed by atoms with E-state index in [0.717, 1.165) is 5.69 Å². The summed E-state index contributed by atoms with van der Waals surface area (Å²) in [4.78, 5) is 11.8. The zero-order chi connectivity index (χ0) is 16.1. The zero-order valence-electron chi connectivity index (χ0n) is 12.0. The number of urea groups is 1. The van der Waals surface area contributed by atoms with Crippen LogP contribution in [0.3, 0.4) is 0 Å². The van der Waals surface area contributed by atoms with Crippen LogP contribution in [-0.4, -0.2) is 26.2 Å². The van der Waals surface area contributed by atoms with E-state index in [-0.39, 0.29) is 12.4 Å². The van der Waals surface area contributed by atoms with E-state index in [2.05, 4.69) is 26.2 Å². The third-order valence-corrected chi connectivity index (χ3v) is 3.14. The Kier molecular flexibility index (Phi) is 4.23. The highest BCUT2D eigenvalue weighted by Crippen LogP contribution is 2.12. The summed E-state index contributed by atoms with van der Waals surface area (Å²) in [6, 6.07) is 12.9. The number of carbonyl (C=O) groups is 1. The molecule has 3 aromatic rings. The van der Waals surface area contributed by atoms with Crippen molar-refractivity contribution >= 4 is 11.7 Å². The SMILES string of the molecule is O=C(NCc1ccccc1F)Nc1ccc(-n2cnnn2)cc1. The molecule has 0 unspecified atom stereocenters. The summed E-state index contributed by atoms with van der Waals surface area (Å²) in [5.74, 6) is -0.349. The van der Waals surface area contributed by atoms with Gasteiger partial charge in [0.2, 0.25) is 0 Å². The maximum atomic E-state index is 13.5. The van der Waals surface area contributed by atoms with Gasteiger partial charge in [0.1, 0.15) is 12.1 Å². The molecule has 7 nitrogen and oxygen atoms in total. The number of tetrazole rings is 1. The molecule has 0 radical (unpaired) electrons. The fraction of sp³-hybridized carbons (Fsp3) is 0.0667. The molecule has 1 aromatic heterocycles. The minimum Gasteiger partial charge on any atom is -0.334 e. The van der Waals surface area contributed by atoms with Crippen molar-refractivity contribution in [1.29, 1.82) is 0 Å². The summed E-state index contributed by atoms with van der Waals surface area (Å²) in [6.07, 6.45) is 1.48. The number of rotatable bonds is 4. The number of carbonyl (C=O) groups excluding carboxylic acids is 1. The molecule has 2 N–H and O–H groups in total. The van der Waals surface area contributed by atoms with Gasteiger partial charge >= 0.3 is 6.03 Å². The Morgan fingerprint density at radius 1 is 1.13 bits per heavy atom. The Morgan fingerprint density at radius 2 is 1.91 bits per heavy atom. The largest absolute Gasteiger partial charge is 0.334 e. The lowest BCUT2D eigenvalue weighted by atomic mass is 10.2. The van der Waals surface area contributed by atoms with Crippen molar-refractivity contribution in [3.63, 3.8) is 0 Å². The predicted molar refractivity (Wildman–Crippen MR) is 81.4 cm³/mol. The van der Waals surface area contributed by atoms with E-state index in [9.17, 15) is 9.18 Å². The van der Waals surface area contributed by atoms with E-state index in [0.29, 0.717) is 11.3 Å². The second kappa shape index (κ2) is 6.65. The number of aromatic nitrogens is 4. The lowest BCUT2D eigenvalue weighted by molar-refractivity contribution is 0.251. The Labute approximate surface area is 131 Å². The van der Waals surface area contributed by atoms with Crippen LogP contribution in [0.1, 0.15) is 5.56 Å². The number of anilines is 1. The van der Waals surface area contributed by atoms with Crippen LogP contribution in [0, 0.1) is 5.82 Å². The third-order valence-electron chi connectivity index (χ3n) is 3.14. The molecule has 0 spiro atoms. The van der Waals surface area contributed by atoms with Crippen molar-refractivity contribution in [2.24, 2.45) is 0 Å². The molecule has 0 fully saturated rings. The Morgan fingerprint density at radius 3 is 2.61 bits per heavy atom. The molecule has 3 rings (SSSR count). The number of hydrogen-bond donors (Lipinski definition) is 2. The first-order valence-electron chi connectivity index (χ1n) is 6.84. The first kappa shape index (κ1) is 14.6. The normalized spacial score (nSPS) is 10.3. The van der Waals surface area contributed by atoms with Gasteiger partial charge in [-0.2, -0.15) is 0 Å². The fourth-order valence-corrected chi connectivity index (χ4v) is 1.97. The van der Waals surface area contributed by atoms with Gasteiger partial charge in [-0.15, -0.1) is 5.10 Å². The molecule has 0 aliphatic heterocycles. The van der Waals surface area contributed by atoms with E-state index < -0.39 is 6.03 Å². The molecule has 0 atom stereocenters. The third kappa shape index (κ3) is 3.67. The molecule has 0 aliphatic carbocycles. The molecule has 8 heteroatoms. The monoisotopic (exact) mass is 312 g/mol. The smallest absolute Gasteiger partial charge is 0.319 e. The fourth-order valence-electron chi connectivity index (χ4n) is 1.97. The molecule has 1 heterocycles. The van der Waals surface area contributed by atoms with Crippen LogP contribution in [0.2, 0.25) is 0 Å². The van der Waals surface area contributed by atoms with E-state index in [1.54, 1.807) is 42.5 Å². The topological polar surface area (TPSA) is 84.7 Å². The highest BCUT2D eigenvalue weighted by Gasteiger charge is 2.05. The maximum Gasteiger partial charge on any atom is 0.319 e. The van der Waals surface area contributed by atoms with Crippen molar-refractivity contribution in [3.05, 3.63) is 66.2 Å². The van der Waals surface area contributed by atoms with Gasteiger partial charge in [-0.05, 0) is 40.8 Å². The maximum absolute atomic E-state index is 13.5. The summed E-state index contributed by atoms with van der Waals surface area (Å²) in [6.45, 7) is 0.112. The summed E-state index contributed by atoms with van der Waals surface area (Å²) < 4.78 is 15.0. The molecule has 2 amide bonds. The van der Waals surface area contributed by atoms with Crippen LogP contribution >= 0.6 is 0 Å².